The Morgan fingerprint density at radius 3 is 2.72 bits per heavy atom. The molecule has 4 nitrogen and oxygen atoms in total. The number of thioether (sulfide) groups is 1. The van der Waals surface area contributed by atoms with E-state index in [2.05, 4.69) is 48.0 Å². The molecule has 0 aromatic carbocycles. The second-order valence-electron chi connectivity index (χ2n) is 3.46. The molecule has 0 amide bonds. The van der Waals surface area contributed by atoms with Gasteiger partial charge in [0.05, 0.1) is 6.54 Å². The molecule has 0 unspecified atom stereocenters. The molecule has 0 saturated heterocycles. The lowest BCUT2D eigenvalue weighted by molar-refractivity contribution is 0.961. The van der Waals surface area contributed by atoms with Crippen molar-refractivity contribution in [1.82, 2.24) is 9.97 Å². The van der Waals surface area contributed by atoms with Crippen molar-refractivity contribution in [3.63, 3.8) is 0 Å². The summed E-state index contributed by atoms with van der Waals surface area (Å²) < 4.78 is 1.12. The maximum Gasteiger partial charge on any atom is 0.191 e. The third-order valence-corrected chi connectivity index (χ3v) is 4.46. The molecule has 2 N–H and O–H groups in total. The average Bonchev–Trinajstić information content (AvgIpc) is 2.81. The van der Waals surface area contributed by atoms with E-state index >= 15 is 0 Å². The van der Waals surface area contributed by atoms with Gasteiger partial charge in [-0.3, -0.25) is 0 Å². The number of aromatic nitrogens is 2. The number of nitrogens with zero attached hydrogens (tertiary/aromatic N) is 2. The summed E-state index contributed by atoms with van der Waals surface area (Å²) in [5.41, 5.74) is 0. The van der Waals surface area contributed by atoms with Crippen LogP contribution in [0.1, 0.15) is 4.88 Å². The first-order valence-electron chi connectivity index (χ1n) is 5.29. The standard InChI is InChI=1S/C11H13BrN4S2/c1-13-9-4-10(16-11(15-9)17-2)14-5-8-3-7(12)6-18-8/h3-4,6H,5H2,1-2H3,(H2,13,14,15,16). The van der Waals surface area contributed by atoms with Gasteiger partial charge in [-0.05, 0) is 28.3 Å². The van der Waals surface area contributed by atoms with Gasteiger partial charge in [-0.1, -0.05) is 11.8 Å². The Morgan fingerprint density at radius 2 is 2.11 bits per heavy atom. The SMILES string of the molecule is CNc1cc(NCc2cc(Br)cs2)nc(SC)n1. The van der Waals surface area contributed by atoms with Gasteiger partial charge >= 0.3 is 0 Å². The quantitative estimate of drug-likeness (QED) is 0.640. The fraction of sp³-hybridized carbons (Fsp3) is 0.273. The van der Waals surface area contributed by atoms with Crippen LogP contribution < -0.4 is 10.6 Å². The third-order valence-electron chi connectivity index (χ3n) is 2.21. The van der Waals surface area contributed by atoms with Gasteiger partial charge in [0.1, 0.15) is 11.6 Å². The molecule has 18 heavy (non-hydrogen) atoms. The lowest BCUT2D eigenvalue weighted by Crippen LogP contribution is -2.03. The maximum absolute atomic E-state index is 4.42. The lowest BCUT2D eigenvalue weighted by atomic mass is 10.4. The van der Waals surface area contributed by atoms with Crippen molar-refractivity contribution in [3.05, 3.63) is 26.9 Å². The van der Waals surface area contributed by atoms with Crippen LogP contribution in [0, 0.1) is 0 Å². The fourth-order valence-corrected chi connectivity index (χ4v) is 3.13. The minimum absolute atomic E-state index is 0.761. The van der Waals surface area contributed by atoms with Gasteiger partial charge in [0, 0.05) is 27.8 Å². The van der Waals surface area contributed by atoms with Gasteiger partial charge in [-0.15, -0.1) is 11.3 Å². The molecule has 96 valence electrons. The van der Waals surface area contributed by atoms with Crippen LogP contribution in [-0.2, 0) is 6.54 Å². The van der Waals surface area contributed by atoms with Gasteiger partial charge in [0.25, 0.3) is 0 Å². The molecule has 2 heterocycles. The highest BCUT2D eigenvalue weighted by Crippen LogP contribution is 2.22. The monoisotopic (exact) mass is 344 g/mol. The third kappa shape index (κ3) is 3.60. The summed E-state index contributed by atoms with van der Waals surface area (Å²) in [6, 6.07) is 4.01. The summed E-state index contributed by atoms with van der Waals surface area (Å²) in [7, 11) is 1.85. The number of anilines is 2. The van der Waals surface area contributed by atoms with Crippen LogP contribution in [0.2, 0.25) is 0 Å². The largest absolute Gasteiger partial charge is 0.373 e. The van der Waals surface area contributed by atoms with Crippen molar-refractivity contribution in [2.24, 2.45) is 0 Å². The van der Waals surface area contributed by atoms with Crippen molar-refractivity contribution in [1.29, 1.82) is 0 Å². The summed E-state index contributed by atoms with van der Waals surface area (Å²) in [4.78, 5) is 10.0. The summed E-state index contributed by atoms with van der Waals surface area (Å²) in [5, 5.41) is 9.18. The zero-order chi connectivity index (χ0) is 13.0. The first-order valence-corrected chi connectivity index (χ1v) is 8.18. The Balaban J connectivity index is 2.08. The molecule has 0 aliphatic heterocycles. The summed E-state index contributed by atoms with van der Waals surface area (Å²) in [6.45, 7) is 0.768. The van der Waals surface area contributed by atoms with Crippen LogP contribution in [0.25, 0.3) is 0 Å². The Kier molecular flexibility index (Phi) is 4.85. The maximum atomic E-state index is 4.42. The van der Waals surface area contributed by atoms with Crippen LogP contribution in [0.3, 0.4) is 0 Å². The molecule has 0 radical (unpaired) electrons. The van der Waals surface area contributed by atoms with Gasteiger partial charge in [0.15, 0.2) is 5.16 Å². The van der Waals surface area contributed by atoms with E-state index in [9.17, 15) is 0 Å². The zero-order valence-electron chi connectivity index (χ0n) is 10.0. The fourth-order valence-electron chi connectivity index (χ4n) is 1.36. The van der Waals surface area contributed by atoms with E-state index in [-0.39, 0.29) is 0 Å². The number of hydrogen-bond donors (Lipinski definition) is 2. The highest BCUT2D eigenvalue weighted by atomic mass is 79.9. The van der Waals surface area contributed by atoms with Crippen molar-refractivity contribution in [2.75, 3.05) is 23.9 Å². The minimum Gasteiger partial charge on any atom is -0.373 e. The second-order valence-corrected chi connectivity index (χ2v) is 6.14. The van der Waals surface area contributed by atoms with Gasteiger partial charge in [-0.2, -0.15) is 0 Å². The second kappa shape index (κ2) is 6.40. The number of nitrogens with one attached hydrogen (secondary N) is 2. The first-order chi connectivity index (χ1) is 8.71. The molecule has 2 aromatic heterocycles. The van der Waals surface area contributed by atoms with Gasteiger partial charge < -0.3 is 10.6 Å². The van der Waals surface area contributed by atoms with Crippen molar-refractivity contribution < 1.29 is 0 Å². The van der Waals surface area contributed by atoms with E-state index in [1.807, 2.05) is 19.4 Å². The molecule has 2 aromatic rings. The molecular weight excluding hydrogens is 332 g/mol. The Labute approximate surface area is 123 Å². The number of rotatable bonds is 5. The lowest BCUT2D eigenvalue weighted by Gasteiger charge is -2.07. The van der Waals surface area contributed by atoms with Gasteiger partial charge in [0.2, 0.25) is 0 Å². The van der Waals surface area contributed by atoms with Crippen LogP contribution in [0.5, 0.6) is 0 Å². The Morgan fingerprint density at radius 1 is 1.33 bits per heavy atom. The van der Waals surface area contributed by atoms with Crippen molar-refractivity contribution >= 4 is 50.7 Å². The smallest absolute Gasteiger partial charge is 0.191 e. The molecular formula is C11H13BrN4S2. The number of hydrogen-bond acceptors (Lipinski definition) is 6. The molecule has 2 rings (SSSR count). The predicted molar refractivity (Wildman–Crippen MR) is 82.7 cm³/mol. The highest BCUT2D eigenvalue weighted by Gasteiger charge is 2.03. The van der Waals surface area contributed by atoms with E-state index in [0.29, 0.717) is 0 Å². The van der Waals surface area contributed by atoms with E-state index in [1.54, 1.807) is 11.3 Å². The molecule has 0 atom stereocenters. The van der Waals surface area contributed by atoms with Crippen molar-refractivity contribution in [2.45, 2.75) is 11.7 Å². The van der Waals surface area contributed by atoms with Gasteiger partial charge in [-0.25, -0.2) is 9.97 Å². The number of thiophene rings is 1. The van der Waals surface area contributed by atoms with Crippen LogP contribution in [0.4, 0.5) is 11.6 Å². The average molecular weight is 345 g/mol. The summed E-state index contributed by atoms with van der Waals surface area (Å²) in [5.74, 6) is 1.66. The Bertz CT molecular complexity index is 507. The van der Waals surface area contributed by atoms with Crippen LogP contribution >= 0.6 is 39.0 Å². The highest BCUT2D eigenvalue weighted by molar-refractivity contribution is 9.10. The molecule has 0 aliphatic rings. The first kappa shape index (κ1) is 13.6. The minimum atomic E-state index is 0.761. The van der Waals surface area contributed by atoms with E-state index in [1.165, 1.54) is 16.6 Å². The molecule has 7 heteroatoms. The normalized spacial score (nSPS) is 10.4. The van der Waals surface area contributed by atoms with Crippen molar-refractivity contribution in [3.8, 4) is 0 Å². The number of halogens is 1. The zero-order valence-corrected chi connectivity index (χ0v) is 13.2. The predicted octanol–water partition coefficient (Wildman–Crippen LogP) is 3.68. The molecule has 0 aliphatic carbocycles. The molecule has 0 bridgehead atoms. The summed E-state index contributed by atoms with van der Waals surface area (Å²) >= 11 is 6.69. The topological polar surface area (TPSA) is 49.8 Å². The molecule has 0 saturated carbocycles. The molecule has 0 fully saturated rings. The van der Waals surface area contributed by atoms with E-state index < -0.39 is 0 Å². The van der Waals surface area contributed by atoms with E-state index in [0.717, 1.165) is 27.8 Å². The summed E-state index contributed by atoms with van der Waals surface area (Å²) in [6.07, 6.45) is 1.97. The Hall–Kier alpha value is -0.790. The van der Waals surface area contributed by atoms with E-state index in [4.69, 9.17) is 0 Å². The van der Waals surface area contributed by atoms with Crippen LogP contribution in [0.15, 0.2) is 27.1 Å². The molecule has 0 spiro atoms. The van der Waals surface area contributed by atoms with Crippen LogP contribution in [-0.4, -0.2) is 23.3 Å².